The fourth-order valence-electron chi connectivity index (χ4n) is 2.27. The fraction of sp³-hybridized carbons (Fsp3) is 0.600. The number of hydrogen-bond donors (Lipinski definition) is 1. The fourth-order valence-corrected chi connectivity index (χ4v) is 2.99. The molecular formula is C15H22N2O3S. The summed E-state index contributed by atoms with van der Waals surface area (Å²) in [6.45, 7) is 6.77. The van der Waals surface area contributed by atoms with Crippen molar-refractivity contribution in [3.63, 3.8) is 0 Å². The number of hydrogen-bond acceptors (Lipinski definition) is 4. The van der Waals surface area contributed by atoms with E-state index in [9.17, 15) is 9.59 Å². The van der Waals surface area contributed by atoms with E-state index >= 15 is 0 Å². The van der Waals surface area contributed by atoms with Crippen LogP contribution in [-0.4, -0.2) is 35.1 Å². The minimum absolute atomic E-state index is 0.0273. The van der Waals surface area contributed by atoms with Crippen molar-refractivity contribution >= 4 is 23.3 Å². The molecule has 0 saturated carbocycles. The summed E-state index contributed by atoms with van der Waals surface area (Å²) in [6.07, 6.45) is 1.02. The van der Waals surface area contributed by atoms with Gasteiger partial charge >= 0.3 is 6.09 Å². The summed E-state index contributed by atoms with van der Waals surface area (Å²) in [5.41, 5.74) is -0.557. The van der Waals surface area contributed by atoms with E-state index in [1.807, 2.05) is 17.5 Å². The zero-order valence-corrected chi connectivity index (χ0v) is 13.5. The molecule has 2 rings (SSSR count). The Bertz CT molecular complexity index is 494. The molecule has 1 atom stereocenters. The molecular weight excluding hydrogens is 288 g/mol. The maximum absolute atomic E-state index is 12.4. The number of carbonyl (C=O) groups excluding carboxylic acids is 2. The molecule has 0 spiro atoms. The summed E-state index contributed by atoms with van der Waals surface area (Å²) in [7, 11) is 0. The Hall–Kier alpha value is -1.56. The summed E-state index contributed by atoms with van der Waals surface area (Å²) in [6, 6.07) is 3.52. The van der Waals surface area contributed by atoms with E-state index in [0.717, 1.165) is 17.8 Å². The minimum Gasteiger partial charge on any atom is -0.444 e. The number of nitrogens with zero attached hydrogens (tertiary/aromatic N) is 1. The molecule has 1 unspecified atom stereocenters. The van der Waals surface area contributed by atoms with Gasteiger partial charge < -0.3 is 15.0 Å². The molecule has 1 aliphatic heterocycles. The zero-order chi connectivity index (χ0) is 15.5. The Kier molecular flexibility index (Phi) is 4.88. The van der Waals surface area contributed by atoms with Crippen molar-refractivity contribution in [3.05, 3.63) is 22.4 Å². The van der Waals surface area contributed by atoms with Gasteiger partial charge in [0.25, 0.3) is 0 Å². The quantitative estimate of drug-likeness (QED) is 0.934. The summed E-state index contributed by atoms with van der Waals surface area (Å²) >= 11 is 1.64. The van der Waals surface area contributed by atoms with E-state index in [0.29, 0.717) is 13.0 Å². The molecule has 1 fully saturated rings. The molecule has 1 aliphatic rings. The van der Waals surface area contributed by atoms with Gasteiger partial charge in [0, 0.05) is 11.4 Å². The van der Waals surface area contributed by atoms with Gasteiger partial charge in [0.2, 0.25) is 5.91 Å². The van der Waals surface area contributed by atoms with Crippen LogP contribution in [0.3, 0.4) is 0 Å². The lowest BCUT2D eigenvalue weighted by molar-refractivity contribution is -0.136. The number of thiophene rings is 1. The van der Waals surface area contributed by atoms with Gasteiger partial charge in [-0.15, -0.1) is 11.3 Å². The molecule has 116 valence electrons. The van der Waals surface area contributed by atoms with Crippen LogP contribution in [0.5, 0.6) is 0 Å². The third-order valence-corrected chi connectivity index (χ3v) is 4.01. The molecule has 6 heteroatoms. The third kappa shape index (κ3) is 4.74. The summed E-state index contributed by atoms with van der Waals surface area (Å²) in [4.78, 5) is 27.2. The van der Waals surface area contributed by atoms with Crippen LogP contribution in [-0.2, 0) is 16.1 Å². The molecule has 2 heterocycles. The van der Waals surface area contributed by atoms with Crippen LogP contribution in [0.1, 0.15) is 38.5 Å². The van der Waals surface area contributed by atoms with Crippen molar-refractivity contribution in [2.45, 2.75) is 51.8 Å². The second kappa shape index (κ2) is 6.47. The minimum atomic E-state index is -0.557. The predicted molar refractivity (Wildman–Crippen MR) is 82.1 cm³/mol. The molecule has 1 N–H and O–H groups in total. The number of likely N-dealkylation sites (tertiary alicyclic amines) is 1. The number of rotatable bonds is 3. The second-order valence-electron chi connectivity index (χ2n) is 6.18. The lowest BCUT2D eigenvalue weighted by Crippen LogP contribution is -2.52. The number of carbonyl (C=O) groups is 2. The predicted octanol–water partition coefficient (Wildman–Crippen LogP) is 2.76. The molecule has 1 aromatic rings. The highest BCUT2D eigenvalue weighted by molar-refractivity contribution is 7.09. The Labute approximate surface area is 129 Å². The van der Waals surface area contributed by atoms with Crippen LogP contribution in [0, 0.1) is 0 Å². The van der Waals surface area contributed by atoms with Crippen molar-refractivity contribution in [2.24, 2.45) is 0 Å². The van der Waals surface area contributed by atoms with Gasteiger partial charge in [0.1, 0.15) is 11.6 Å². The van der Waals surface area contributed by atoms with E-state index in [2.05, 4.69) is 5.32 Å². The molecule has 0 radical (unpaired) electrons. The van der Waals surface area contributed by atoms with Crippen LogP contribution >= 0.6 is 11.3 Å². The van der Waals surface area contributed by atoms with Gasteiger partial charge in [-0.3, -0.25) is 4.79 Å². The van der Waals surface area contributed by atoms with Gasteiger partial charge in [0.15, 0.2) is 0 Å². The number of amides is 2. The SMILES string of the molecule is CC(C)(C)OC(=O)NC1CCCN(Cc2cccs2)C1=O. The van der Waals surface area contributed by atoms with Gasteiger partial charge in [0.05, 0.1) is 6.54 Å². The third-order valence-electron chi connectivity index (χ3n) is 3.15. The molecule has 1 saturated heterocycles. The standard InChI is InChI=1S/C15H22N2O3S/c1-15(2,3)20-14(19)16-12-7-4-8-17(13(12)18)10-11-6-5-9-21-11/h5-6,9,12H,4,7-8,10H2,1-3H3,(H,16,19). The normalized spacial score (nSPS) is 19.5. The lowest BCUT2D eigenvalue weighted by atomic mass is 10.0. The highest BCUT2D eigenvalue weighted by Gasteiger charge is 2.31. The topological polar surface area (TPSA) is 58.6 Å². The van der Waals surface area contributed by atoms with Crippen molar-refractivity contribution in [3.8, 4) is 0 Å². The van der Waals surface area contributed by atoms with Crippen molar-refractivity contribution in [1.82, 2.24) is 10.2 Å². The zero-order valence-electron chi connectivity index (χ0n) is 12.7. The van der Waals surface area contributed by atoms with Gasteiger partial charge in [-0.25, -0.2) is 4.79 Å². The molecule has 5 nitrogen and oxygen atoms in total. The number of ether oxygens (including phenoxy) is 1. The number of piperidine rings is 1. The maximum atomic E-state index is 12.4. The molecule has 2 amide bonds. The maximum Gasteiger partial charge on any atom is 0.408 e. The molecule has 1 aromatic heterocycles. The van der Waals surface area contributed by atoms with Crippen LogP contribution in [0.4, 0.5) is 4.79 Å². The van der Waals surface area contributed by atoms with Crippen molar-refractivity contribution in [1.29, 1.82) is 0 Å². The first-order valence-electron chi connectivity index (χ1n) is 7.16. The Morgan fingerprint density at radius 2 is 2.29 bits per heavy atom. The summed E-state index contributed by atoms with van der Waals surface area (Å²) in [5, 5.41) is 4.69. The second-order valence-corrected chi connectivity index (χ2v) is 7.21. The van der Waals surface area contributed by atoms with E-state index in [4.69, 9.17) is 4.74 Å². The van der Waals surface area contributed by atoms with Crippen LogP contribution in [0.25, 0.3) is 0 Å². The Morgan fingerprint density at radius 1 is 1.52 bits per heavy atom. The number of nitrogens with one attached hydrogen (secondary N) is 1. The monoisotopic (exact) mass is 310 g/mol. The average molecular weight is 310 g/mol. The van der Waals surface area contributed by atoms with Gasteiger partial charge in [-0.1, -0.05) is 6.07 Å². The van der Waals surface area contributed by atoms with Crippen molar-refractivity contribution < 1.29 is 14.3 Å². The first-order chi connectivity index (χ1) is 9.85. The van der Waals surface area contributed by atoms with Crippen LogP contribution in [0.15, 0.2) is 17.5 Å². The number of alkyl carbamates (subject to hydrolysis) is 1. The average Bonchev–Trinajstić information content (AvgIpc) is 2.85. The van der Waals surface area contributed by atoms with Gasteiger partial charge in [-0.2, -0.15) is 0 Å². The Balaban J connectivity index is 1.92. The first-order valence-corrected chi connectivity index (χ1v) is 8.04. The Morgan fingerprint density at radius 3 is 2.90 bits per heavy atom. The molecule has 21 heavy (non-hydrogen) atoms. The van der Waals surface area contributed by atoms with E-state index in [-0.39, 0.29) is 5.91 Å². The van der Waals surface area contributed by atoms with Gasteiger partial charge in [-0.05, 0) is 45.1 Å². The van der Waals surface area contributed by atoms with E-state index < -0.39 is 17.7 Å². The molecule has 0 bridgehead atoms. The largest absolute Gasteiger partial charge is 0.444 e. The van der Waals surface area contributed by atoms with E-state index in [1.54, 1.807) is 37.0 Å². The lowest BCUT2D eigenvalue weighted by Gasteiger charge is -2.32. The smallest absolute Gasteiger partial charge is 0.408 e. The summed E-state index contributed by atoms with van der Waals surface area (Å²) < 4.78 is 5.21. The molecule has 0 aliphatic carbocycles. The van der Waals surface area contributed by atoms with Crippen LogP contribution < -0.4 is 5.32 Å². The molecule has 0 aromatic carbocycles. The highest BCUT2D eigenvalue weighted by atomic mass is 32.1. The first kappa shape index (κ1) is 15.8. The summed E-state index contributed by atoms with van der Waals surface area (Å²) in [5.74, 6) is -0.0273. The highest BCUT2D eigenvalue weighted by Crippen LogP contribution is 2.18. The van der Waals surface area contributed by atoms with Crippen molar-refractivity contribution in [2.75, 3.05) is 6.54 Å². The van der Waals surface area contributed by atoms with Crippen LogP contribution in [0.2, 0.25) is 0 Å². The van der Waals surface area contributed by atoms with E-state index in [1.165, 1.54) is 0 Å².